The summed E-state index contributed by atoms with van der Waals surface area (Å²) in [6.07, 6.45) is 1.80. The van der Waals surface area contributed by atoms with Gasteiger partial charge in [0, 0.05) is 6.08 Å². The molecule has 2 saturated heterocycles. The lowest BCUT2D eigenvalue weighted by atomic mass is 10.1. The number of carbonyl (C=O) groups is 5. The highest BCUT2D eigenvalue weighted by Crippen LogP contribution is 2.32. The third-order valence-corrected chi connectivity index (χ3v) is 9.21. The van der Waals surface area contributed by atoms with Gasteiger partial charge in [0.1, 0.15) is 35.2 Å². The third kappa shape index (κ3) is 11.1. The molecule has 0 N–H and O–H groups in total. The summed E-state index contributed by atoms with van der Waals surface area (Å²) in [6.45, 7) is 4.32. The van der Waals surface area contributed by atoms with Gasteiger partial charge < -0.3 is 42.6 Å². The highest BCUT2D eigenvalue weighted by Gasteiger charge is 2.51. The van der Waals surface area contributed by atoms with Crippen LogP contribution >= 0.6 is 0 Å². The van der Waals surface area contributed by atoms with Crippen LogP contribution in [-0.2, 0) is 28.5 Å². The first-order chi connectivity index (χ1) is 28.2. The first-order valence-corrected chi connectivity index (χ1v) is 18.7. The molecular weight excluding hydrogens is 752 g/mol. The van der Waals surface area contributed by atoms with Crippen molar-refractivity contribution in [1.29, 1.82) is 0 Å². The summed E-state index contributed by atoms with van der Waals surface area (Å²) in [6, 6.07) is 24.9. The first kappa shape index (κ1) is 41.1. The first-order valence-electron chi connectivity index (χ1n) is 18.7. The number of methoxy groups -OCH3 is 1. The van der Waals surface area contributed by atoms with Crippen molar-refractivity contribution in [3.8, 4) is 23.0 Å². The van der Waals surface area contributed by atoms with Gasteiger partial charge in [-0.25, -0.2) is 24.0 Å². The van der Waals surface area contributed by atoms with Crippen LogP contribution in [0, 0.1) is 0 Å². The molecule has 2 aliphatic rings. The highest BCUT2D eigenvalue weighted by molar-refractivity contribution is 5.93. The lowest BCUT2D eigenvalue weighted by Crippen LogP contribution is -2.36. The Bertz CT molecular complexity index is 2040. The van der Waals surface area contributed by atoms with E-state index in [0.717, 1.165) is 31.8 Å². The van der Waals surface area contributed by atoms with Crippen LogP contribution in [0.5, 0.6) is 23.0 Å². The highest BCUT2D eigenvalue weighted by atomic mass is 16.7. The number of rotatable bonds is 18. The van der Waals surface area contributed by atoms with Crippen molar-refractivity contribution in [2.75, 3.05) is 33.5 Å². The number of benzene rings is 4. The van der Waals surface area contributed by atoms with Gasteiger partial charge in [-0.05, 0) is 123 Å². The second-order valence-corrected chi connectivity index (χ2v) is 13.2. The molecule has 14 nitrogen and oxygen atoms in total. The average Bonchev–Trinajstić information content (AvgIpc) is 3.84. The minimum absolute atomic E-state index is 0.0412. The van der Waals surface area contributed by atoms with Gasteiger partial charge in [0.2, 0.25) is 0 Å². The Morgan fingerprint density at radius 1 is 0.552 bits per heavy atom. The van der Waals surface area contributed by atoms with Crippen molar-refractivity contribution in [3.63, 3.8) is 0 Å². The maximum atomic E-state index is 13.0. The van der Waals surface area contributed by atoms with E-state index >= 15 is 0 Å². The van der Waals surface area contributed by atoms with Crippen molar-refractivity contribution >= 4 is 29.8 Å². The molecule has 4 atom stereocenters. The van der Waals surface area contributed by atoms with Gasteiger partial charge in [0.25, 0.3) is 0 Å². The van der Waals surface area contributed by atoms with E-state index in [1.807, 2.05) is 0 Å². The second-order valence-electron chi connectivity index (χ2n) is 13.2. The normalized spacial score (nSPS) is 17.9. The van der Waals surface area contributed by atoms with Gasteiger partial charge in [-0.2, -0.15) is 0 Å². The molecule has 0 bridgehead atoms. The molecule has 0 aromatic heterocycles. The summed E-state index contributed by atoms with van der Waals surface area (Å²) in [5, 5.41) is 0. The number of esters is 5. The molecule has 0 aliphatic carbocycles. The second kappa shape index (κ2) is 20.1. The standard InChI is InChI=1S/C44H42O14/c1-3-38(45)52-25-7-5-4-6-24-51-33-18-10-29(11-19-33)42(47)56-35-22-14-31(15-23-35)44(49)58-37-27-54-39-36(26-53-40(37)39)57-43(48)30-12-20-34(21-13-30)55-41(46)28-8-16-32(50-2)17-9-28/h3,8-23,36-37,39-40H,1,4-7,24-27H2,2H3/t36-,37-,39?,40?/m0/s1. The SMILES string of the molecule is C=CC(=O)OCCCCCCOc1ccc(C(=O)Oc2ccc(C(=O)O[C@H]3COC4C3OC[C@@H]4OC(=O)c3ccc(OC(=O)c4ccc(OC)cc4)cc3)cc2)cc1. The maximum Gasteiger partial charge on any atom is 0.343 e. The summed E-state index contributed by atoms with van der Waals surface area (Å²) in [5.74, 6) is -1.11. The quantitative estimate of drug-likeness (QED) is 0.0359. The van der Waals surface area contributed by atoms with E-state index in [2.05, 4.69) is 6.58 Å². The Morgan fingerprint density at radius 2 is 0.948 bits per heavy atom. The van der Waals surface area contributed by atoms with Crippen molar-refractivity contribution < 1.29 is 66.6 Å². The van der Waals surface area contributed by atoms with Crippen LogP contribution in [0.15, 0.2) is 110 Å². The zero-order valence-corrected chi connectivity index (χ0v) is 31.7. The zero-order chi connectivity index (χ0) is 40.9. The largest absolute Gasteiger partial charge is 0.497 e. The number of fused-ring (bicyclic) bond motifs is 1. The molecule has 2 aliphatic heterocycles. The fourth-order valence-electron chi connectivity index (χ4n) is 6.09. The van der Waals surface area contributed by atoms with Crippen LogP contribution in [0.3, 0.4) is 0 Å². The summed E-state index contributed by atoms with van der Waals surface area (Å²) >= 11 is 0. The molecule has 2 heterocycles. The Kier molecular flexibility index (Phi) is 14.2. The molecule has 0 spiro atoms. The lowest BCUT2D eigenvalue weighted by Gasteiger charge is -2.17. The fourth-order valence-corrected chi connectivity index (χ4v) is 6.09. The summed E-state index contributed by atoms with van der Waals surface area (Å²) in [4.78, 5) is 62.2. The zero-order valence-electron chi connectivity index (χ0n) is 31.7. The average molecular weight is 795 g/mol. The van der Waals surface area contributed by atoms with Gasteiger partial charge >= 0.3 is 29.8 Å². The van der Waals surface area contributed by atoms with Crippen LogP contribution in [0.4, 0.5) is 0 Å². The Morgan fingerprint density at radius 3 is 1.38 bits per heavy atom. The molecular formula is C44H42O14. The predicted octanol–water partition coefficient (Wildman–Crippen LogP) is 6.35. The Labute approximate surface area is 334 Å². The van der Waals surface area contributed by atoms with E-state index in [9.17, 15) is 24.0 Å². The number of unbranched alkanes of at least 4 members (excludes halogenated alkanes) is 3. The van der Waals surface area contributed by atoms with Gasteiger partial charge in [-0.3, -0.25) is 0 Å². The predicted molar refractivity (Wildman–Crippen MR) is 205 cm³/mol. The molecule has 0 amide bonds. The molecule has 2 unspecified atom stereocenters. The van der Waals surface area contributed by atoms with Gasteiger partial charge in [-0.15, -0.1) is 0 Å². The van der Waals surface area contributed by atoms with Crippen molar-refractivity contribution in [2.24, 2.45) is 0 Å². The number of carbonyl (C=O) groups excluding carboxylic acids is 5. The fraction of sp³-hybridized carbons (Fsp3) is 0.295. The minimum Gasteiger partial charge on any atom is -0.497 e. The van der Waals surface area contributed by atoms with E-state index in [1.165, 1.54) is 55.6 Å². The summed E-state index contributed by atoms with van der Waals surface area (Å²) in [7, 11) is 1.53. The number of hydrogen-bond acceptors (Lipinski definition) is 14. The molecule has 0 radical (unpaired) electrons. The third-order valence-electron chi connectivity index (χ3n) is 9.21. The molecule has 302 valence electrons. The van der Waals surface area contributed by atoms with Crippen molar-refractivity contribution in [1.82, 2.24) is 0 Å². The Balaban J connectivity index is 0.900. The maximum absolute atomic E-state index is 13.0. The van der Waals surface area contributed by atoms with E-state index in [-0.39, 0.29) is 35.8 Å². The van der Waals surface area contributed by atoms with Gasteiger partial charge in [-0.1, -0.05) is 6.58 Å². The molecule has 58 heavy (non-hydrogen) atoms. The molecule has 6 rings (SSSR count). The van der Waals surface area contributed by atoms with Gasteiger partial charge in [0.15, 0.2) is 12.2 Å². The topological polar surface area (TPSA) is 168 Å². The smallest absolute Gasteiger partial charge is 0.343 e. The lowest BCUT2D eigenvalue weighted by molar-refractivity contribution is -0.137. The minimum atomic E-state index is -0.745. The van der Waals surface area contributed by atoms with Crippen molar-refractivity contribution in [2.45, 2.75) is 50.1 Å². The molecule has 4 aromatic carbocycles. The molecule has 4 aromatic rings. The van der Waals surface area contributed by atoms with Gasteiger partial charge in [0.05, 0.1) is 55.8 Å². The summed E-state index contributed by atoms with van der Waals surface area (Å²) < 4.78 is 49.7. The van der Waals surface area contributed by atoms with Crippen LogP contribution in [-0.4, -0.2) is 87.8 Å². The van der Waals surface area contributed by atoms with E-state index < -0.39 is 54.3 Å². The summed E-state index contributed by atoms with van der Waals surface area (Å²) in [5.41, 5.74) is 1.11. The number of hydrogen-bond donors (Lipinski definition) is 0. The molecule has 14 heteroatoms. The van der Waals surface area contributed by atoms with Crippen LogP contribution in [0.25, 0.3) is 0 Å². The van der Waals surface area contributed by atoms with Crippen LogP contribution in [0.1, 0.15) is 67.1 Å². The Hall–Kier alpha value is -6.51. The molecule has 0 saturated carbocycles. The van der Waals surface area contributed by atoms with E-state index in [1.54, 1.807) is 48.5 Å². The van der Waals surface area contributed by atoms with Crippen LogP contribution < -0.4 is 18.9 Å². The van der Waals surface area contributed by atoms with E-state index in [0.29, 0.717) is 35.8 Å². The monoisotopic (exact) mass is 794 g/mol. The van der Waals surface area contributed by atoms with Crippen molar-refractivity contribution in [3.05, 3.63) is 132 Å². The number of ether oxygens (including phenoxy) is 9. The molecule has 2 fully saturated rings. The van der Waals surface area contributed by atoms with Crippen LogP contribution in [0.2, 0.25) is 0 Å². The van der Waals surface area contributed by atoms with E-state index in [4.69, 9.17) is 42.6 Å².